The van der Waals surface area contributed by atoms with Crippen LogP contribution in [0.1, 0.15) is 90.9 Å². The predicted molar refractivity (Wildman–Crippen MR) is 91.7 cm³/mol. The second-order valence-corrected chi connectivity index (χ2v) is 7.25. The van der Waals surface area contributed by atoms with E-state index in [2.05, 4.69) is 18.7 Å². The molecule has 0 atom stereocenters. The minimum atomic E-state index is -4.00. The molecule has 0 unspecified atom stereocenters. The van der Waals surface area contributed by atoms with Gasteiger partial charge >= 0.3 is 6.18 Å². The average molecular weight is 335 g/mol. The monoisotopic (exact) mass is 335 g/mol. The first-order valence-electron chi connectivity index (χ1n) is 9.79. The van der Waals surface area contributed by atoms with Gasteiger partial charge in [-0.3, -0.25) is 4.90 Å². The topological polar surface area (TPSA) is 3.24 Å². The van der Waals surface area contributed by atoms with Crippen molar-refractivity contribution in [2.45, 2.75) is 103 Å². The smallest absolute Gasteiger partial charge is 0.299 e. The molecule has 0 bridgehead atoms. The van der Waals surface area contributed by atoms with Gasteiger partial charge in [0.15, 0.2) is 0 Å². The van der Waals surface area contributed by atoms with E-state index in [9.17, 15) is 13.2 Å². The molecule has 1 saturated heterocycles. The summed E-state index contributed by atoms with van der Waals surface area (Å²) >= 11 is 0. The summed E-state index contributed by atoms with van der Waals surface area (Å²) in [6.45, 7) is 4.88. The van der Waals surface area contributed by atoms with Crippen LogP contribution in [0.5, 0.6) is 0 Å². The Hall–Kier alpha value is -0.250. The fourth-order valence-corrected chi connectivity index (χ4v) is 3.49. The third-order valence-corrected chi connectivity index (χ3v) is 5.17. The molecule has 0 saturated carbocycles. The summed E-state index contributed by atoms with van der Waals surface area (Å²) in [5.41, 5.74) is 0. The van der Waals surface area contributed by atoms with E-state index in [0.717, 1.165) is 12.8 Å². The summed E-state index contributed by atoms with van der Waals surface area (Å²) in [6, 6.07) is 0.386. The fraction of sp³-hybridized carbons (Fsp3) is 1.00. The molecule has 0 aromatic carbocycles. The second-order valence-electron chi connectivity index (χ2n) is 7.25. The molecule has 23 heavy (non-hydrogen) atoms. The van der Waals surface area contributed by atoms with E-state index in [1.807, 2.05) is 0 Å². The number of hydrogen-bond acceptors (Lipinski definition) is 1. The van der Waals surface area contributed by atoms with E-state index < -0.39 is 12.1 Å². The molecule has 1 heterocycles. The number of unbranched alkanes of at least 4 members (excludes halogenated alkanes) is 8. The lowest BCUT2D eigenvalue weighted by molar-refractivity contribution is -0.214. The van der Waals surface area contributed by atoms with E-state index in [-0.39, 0.29) is 13.1 Å². The van der Waals surface area contributed by atoms with Crippen LogP contribution in [0.3, 0.4) is 0 Å². The van der Waals surface area contributed by atoms with Crippen LogP contribution in [-0.4, -0.2) is 30.2 Å². The standard InChI is InChI=1S/C19H36F3N/c1-3-5-7-9-11-13-18(14-12-10-8-6-4-2)23-15-17(16-23)19(20,21)22/h17-18H,3-16H2,1-2H3. The van der Waals surface area contributed by atoms with Gasteiger partial charge in [0.2, 0.25) is 0 Å². The number of alkyl halides is 3. The summed E-state index contributed by atoms with van der Waals surface area (Å²) in [4.78, 5) is 2.10. The Kier molecular flexibility index (Phi) is 10.2. The van der Waals surface area contributed by atoms with E-state index in [1.165, 1.54) is 64.2 Å². The molecule has 138 valence electrons. The third kappa shape index (κ3) is 8.42. The van der Waals surface area contributed by atoms with Crippen molar-refractivity contribution in [1.29, 1.82) is 0 Å². The lowest BCUT2D eigenvalue weighted by Gasteiger charge is -2.45. The van der Waals surface area contributed by atoms with Gasteiger partial charge in [0.05, 0.1) is 5.92 Å². The van der Waals surface area contributed by atoms with Crippen LogP contribution in [0.2, 0.25) is 0 Å². The first-order chi connectivity index (χ1) is 11.0. The Morgan fingerprint density at radius 1 is 0.783 bits per heavy atom. The zero-order chi connectivity index (χ0) is 17.1. The normalized spacial score (nSPS) is 17.0. The molecule has 4 heteroatoms. The van der Waals surface area contributed by atoms with Crippen LogP contribution in [0.4, 0.5) is 13.2 Å². The van der Waals surface area contributed by atoms with E-state index >= 15 is 0 Å². The largest absolute Gasteiger partial charge is 0.394 e. The van der Waals surface area contributed by atoms with Crippen LogP contribution in [0.15, 0.2) is 0 Å². The highest BCUT2D eigenvalue weighted by Gasteiger charge is 2.48. The summed E-state index contributed by atoms with van der Waals surface area (Å²) in [5.74, 6) is -1.08. The van der Waals surface area contributed by atoms with Crippen molar-refractivity contribution in [3.05, 3.63) is 0 Å². The molecule has 1 fully saturated rings. The van der Waals surface area contributed by atoms with Crippen molar-refractivity contribution < 1.29 is 13.2 Å². The molecule has 1 aliphatic rings. The van der Waals surface area contributed by atoms with Gasteiger partial charge in [-0.2, -0.15) is 13.2 Å². The summed E-state index contributed by atoms with van der Waals surface area (Å²) < 4.78 is 38.1. The lowest BCUT2D eigenvalue weighted by Crippen LogP contribution is -2.57. The van der Waals surface area contributed by atoms with Crippen LogP contribution in [-0.2, 0) is 0 Å². The molecular weight excluding hydrogens is 299 g/mol. The number of halogens is 3. The van der Waals surface area contributed by atoms with Gasteiger partial charge in [-0.15, -0.1) is 0 Å². The van der Waals surface area contributed by atoms with Crippen LogP contribution < -0.4 is 0 Å². The first kappa shape index (κ1) is 20.8. The predicted octanol–water partition coefficient (Wildman–Crippen LogP) is 6.57. The van der Waals surface area contributed by atoms with Gasteiger partial charge in [0, 0.05) is 19.1 Å². The van der Waals surface area contributed by atoms with Gasteiger partial charge in [0.25, 0.3) is 0 Å². The Morgan fingerprint density at radius 3 is 1.61 bits per heavy atom. The van der Waals surface area contributed by atoms with Gasteiger partial charge in [-0.25, -0.2) is 0 Å². The highest BCUT2D eigenvalue weighted by Crippen LogP contribution is 2.36. The molecule has 0 aliphatic carbocycles. The number of likely N-dealkylation sites (tertiary alicyclic amines) is 1. The van der Waals surface area contributed by atoms with Gasteiger partial charge < -0.3 is 0 Å². The highest BCUT2D eigenvalue weighted by atomic mass is 19.4. The SMILES string of the molecule is CCCCCCCC(CCCCCCC)N1CC(C(F)(F)F)C1. The summed E-state index contributed by atoms with van der Waals surface area (Å²) in [7, 11) is 0. The van der Waals surface area contributed by atoms with Gasteiger partial charge in [0.1, 0.15) is 0 Å². The fourth-order valence-electron chi connectivity index (χ4n) is 3.49. The zero-order valence-corrected chi connectivity index (χ0v) is 15.1. The quantitative estimate of drug-likeness (QED) is 0.344. The van der Waals surface area contributed by atoms with Crippen molar-refractivity contribution in [2.24, 2.45) is 5.92 Å². The van der Waals surface area contributed by atoms with Crippen LogP contribution in [0.25, 0.3) is 0 Å². The zero-order valence-electron chi connectivity index (χ0n) is 15.1. The maximum Gasteiger partial charge on any atom is 0.394 e. The molecular formula is C19H36F3N. The molecule has 1 rings (SSSR count). The lowest BCUT2D eigenvalue weighted by atomic mass is 9.92. The molecule has 0 N–H and O–H groups in total. The third-order valence-electron chi connectivity index (χ3n) is 5.17. The number of hydrogen-bond donors (Lipinski definition) is 0. The van der Waals surface area contributed by atoms with Crippen molar-refractivity contribution >= 4 is 0 Å². The van der Waals surface area contributed by atoms with E-state index in [1.54, 1.807) is 0 Å². The Bertz CT molecular complexity index is 271. The van der Waals surface area contributed by atoms with Crippen molar-refractivity contribution in [3.8, 4) is 0 Å². The minimum absolute atomic E-state index is 0.234. The molecule has 0 radical (unpaired) electrons. The maximum atomic E-state index is 12.7. The molecule has 0 aromatic rings. The number of rotatable bonds is 13. The minimum Gasteiger partial charge on any atom is -0.299 e. The Balaban J connectivity index is 2.28. The molecule has 0 amide bonds. The van der Waals surface area contributed by atoms with Crippen LogP contribution in [0, 0.1) is 5.92 Å². The highest BCUT2D eigenvalue weighted by molar-refractivity contribution is 4.89. The summed E-state index contributed by atoms with van der Waals surface area (Å²) in [6.07, 6.45) is 10.6. The summed E-state index contributed by atoms with van der Waals surface area (Å²) in [5, 5.41) is 0. The molecule has 1 aliphatic heterocycles. The van der Waals surface area contributed by atoms with Crippen molar-refractivity contribution in [1.82, 2.24) is 4.90 Å². The van der Waals surface area contributed by atoms with Crippen molar-refractivity contribution in [2.75, 3.05) is 13.1 Å². The molecule has 0 spiro atoms. The van der Waals surface area contributed by atoms with E-state index in [4.69, 9.17) is 0 Å². The van der Waals surface area contributed by atoms with Crippen LogP contribution >= 0.6 is 0 Å². The molecule has 0 aromatic heterocycles. The molecule has 1 nitrogen and oxygen atoms in total. The maximum absolute atomic E-state index is 12.7. The average Bonchev–Trinajstić information content (AvgIpc) is 2.43. The van der Waals surface area contributed by atoms with E-state index in [0.29, 0.717) is 6.04 Å². The first-order valence-corrected chi connectivity index (χ1v) is 9.79. The second kappa shape index (κ2) is 11.3. The Morgan fingerprint density at radius 2 is 1.22 bits per heavy atom. The van der Waals surface area contributed by atoms with Gasteiger partial charge in [-0.05, 0) is 12.8 Å². The Labute approximate surface area is 141 Å². The van der Waals surface area contributed by atoms with Crippen molar-refractivity contribution in [3.63, 3.8) is 0 Å². The van der Waals surface area contributed by atoms with Gasteiger partial charge in [-0.1, -0.05) is 78.1 Å². The number of nitrogens with zero attached hydrogens (tertiary/aromatic N) is 1.